The maximum atomic E-state index is 13.7. The highest BCUT2D eigenvalue weighted by molar-refractivity contribution is 7.89. The Morgan fingerprint density at radius 3 is 2.80 bits per heavy atom. The minimum Gasteiger partial charge on any atom is -0.479 e. The van der Waals surface area contributed by atoms with Crippen molar-refractivity contribution < 1.29 is 27.4 Å². The molecule has 0 radical (unpaired) electrons. The molecular weight excluding hydrogens is 313 g/mol. The monoisotopic (exact) mass is 323 g/mol. The first-order chi connectivity index (χ1) is 9.32. The molecule has 0 amide bonds. The molecule has 1 N–H and O–H groups in total. The zero-order valence-electron chi connectivity index (χ0n) is 10.1. The number of carboxylic acid groups (broad SMARTS) is 1. The minimum atomic E-state index is -4.12. The van der Waals surface area contributed by atoms with Crippen molar-refractivity contribution in [2.75, 3.05) is 19.7 Å². The van der Waals surface area contributed by atoms with Crippen molar-refractivity contribution in [1.29, 1.82) is 0 Å². The molecule has 9 heteroatoms. The van der Waals surface area contributed by atoms with Gasteiger partial charge in [0.1, 0.15) is 10.7 Å². The number of rotatable bonds is 3. The van der Waals surface area contributed by atoms with Crippen molar-refractivity contribution in [2.45, 2.75) is 11.0 Å². The van der Waals surface area contributed by atoms with Crippen molar-refractivity contribution in [2.24, 2.45) is 0 Å². The molecule has 20 heavy (non-hydrogen) atoms. The average Bonchev–Trinajstić information content (AvgIpc) is 2.38. The van der Waals surface area contributed by atoms with Crippen molar-refractivity contribution in [3.63, 3.8) is 0 Å². The van der Waals surface area contributed by atoms with Crippen LogP contribution in [0.15, 0.2) is 23.1 Å². The topological polar surface area (TPSA) is 83.9 Å². The van der Waals surface area contributed by atoms with Crippen LogP contribution in [-0.4, -0.2) is 49.6 Å². The number of ether oxygens (including phenoxy) is 1. The Bertz CT molecular complexity index is 636. The van der Waals surface area contributed by atoms with Gasteiger partial charge in [-0.2, -0.15) is 4.31 Å². The van der Waals surface area contributed by atoms with Crippen LogP contribution in [-0.2, 0) is 19.6 Å². The molecule has 6 nitrogen and oxygen atoms in total. The van der Waals surface area contributed by atoms with E-state index in [1.165, 1.54) is 6.07 Å². The summed E-state index contributed by atoms with van der Waals surface area (Å²) in [6.45, 7) is -0.459. The predicted octanol–water partition coefficient (Wildman–Crippen LogP) is 0.953. The van der Waals surface area contributed by atoms with Gasteiger partial charge in [0.25, 0.3) is 0 Å². The number of halogens is 2. The number of carbonyl (C=O) groups is 1. The molecule has 1 heterocycles. The highest BCUT2D eigenvalue weighted by atomic mass is 35.5. The van der Waals surface area contributed by atoms with E-state index in [4.69, 9.17) is 21.4 Å². The van der Waals surface area contributed by atoms with Gasteiger partial charge in [0.05, 0.1) is 13.2 Å². The minimum absolute atomic E-state index is 0.0336. The standard InChI is InChI=1S/C11H11ClFNO5S/c12-7-1-2-10(8(13)5-7)20(17,18)14-3-4-19-9(6-14)11(15)16/h1-2,5,9H,3-4,6H2,(H,15,16). The number of morpholine rings is 1. The maximum Gasteiger partial charge on any atom is 0.334 e. The number of hydrogen-bond acceptors (Lipinski definition) is 4. The average molecular weight is 324 g/mol. The van der Waals surface area contributed by atoms with Gasteiger partial charge in [-0.15, -0.1) is 0 Å². The summed E-state index contributed by atoms with van der Waals surface area (Å²) in [4.78, 5) is 10.3. The van der Waals surface area contributed by atoms with Crippen molar-refractivity contribution in [3.8, 4) is 0 Å². The number of aliphatic carboxylic acids is 1. The van der Waals surface area contributed by atoms with Gasteiger partial charge in [-0.1, -0.05) is 11.6 Å². The lowest BCUT2D eigenvalue weighted by atomic mass is 10.3. The SMILES string of the molecule is O=C(O)C1CN(S(=O)(=O)c2ccc(Cl)cc2F)CCO1. The Morgan fingerprint density at radius 1 is 1.50 bits per heavy atom. The van der Waals surface area contributed by atoms with Crippen LogP contribution in [0.2, 0.25) is 5.02 Å². The van der Waals surface area contributed by atoms with Gasteiger partial charge in [0, 0.05) is 11.6 Å². The van der Waals surface area contributed by atoms with E-state index in [9.17, 15) is 17.6 Å². The van der Waals surface area contributed by atoms with Gasteiger partial charge in [0.2, 0.25) is 10.0 Å². The molecule has 0 saturated carbocycles. The van der Waals surface area contributed by atoms with E-state index >= 15 is 0 Å². The van der Waals surface area contributed by atoms with Crippen LogP contribution in [0, 0.1) is 5.82 Å². The fourth-order valence-electron chi connectivity index (χ4n) is 1.82. The lowest BCUT2D eigenvalue weighted by Gasteiger charge is -2.30. The highest BCUT2D eigenvalue weighted by Crippen LogP contribution is 2.24. The first kappa shape index (κ1) is 15.2. The molecule has 0 bridgehead atoms. The first-order valence-corrected chi connectivity index (χ1v) is 7.44. The van der Waals surface area contributed by atoms with E-state index in [0.717, 1.165) is 16.4 Å². The summed E-state index contributed by atoms with van der Waals surface area (Å²) in [5.74, 6) is -2.24. The molecular formula is C11H11ClFNO5S. The van der Waals surface area contributed by atoms with Crippen LogP contribution in [0.4, 0.5) is 4.39 Å². The van der Waals surface area contributed by atoms with E-state index < -0.39 is 32.8 Å². The highest BCUT2D eigenvalue weighted by Gasteiger charge is 2.35. The fraction of sp³-hybridized carbons (Fsp3) is 0.364. The molecule has 1 atom stereocenters. The number of hydrogen-bond donors (Lipinski definition) is 1. The predicted molar refractivity (Wildman–Crippen MR) is 67.5 cm³/mol. The summed E-state index contributed by atoms with van der Waals surface area (Å²) in [5, 5.41) is 8.92. The Balaban J connectivity index is 2.32. The molecule has 1 aromatic carbocycles. The molecule has 0 spiro atoms. The summed E-state index contributed by atoms with van der Waals surface area (Å²) in [7, 11) is -4.12. The number of sulfonamides is 1. The summed E-state index contributed by atoms with van der Waals surface area (Å²) in [6, 6.07) is 3.20. The molecule has 1 aromatic rings. The second kappa shape index (κ2) is 5.65. The molecule has 2 rings (SSSR count). The Labute approximate surface area is 119 Å². The maximum absolute atomic E-state index is 13.7. The van der Waals surface area contributed by atoms with Crippen molar-refractivity contribution in [1.82, 2.24) is 4.31 Å². The molecule has 0 aliphatic carbocycles. The molecule has 1 unspecified atom stereocenters. The lowest BCUT2D eigenvalue weighted by Crippen LogP contribution is -2.48. The third-order valence-corrected chi connectivity index (χ3v) is 4.95. The lowest BCUT2D eigenvalue weighted by molar-refractivity contribution is -0.153. The Hall–Kier alpha value is -1.22. The molecule has 1 saturated heterocycles. The number of benzene rings is 1. The normalized spacial score (nSPS) is 20.8. The van der Waals surface area contributed by atoms with Gasteiger partial charge < -0.3 is 9.84 Å². The van der Waals surface area contributed by atoms with Gasteiger partial charge in [-0.05, 0) is 18.2 Å². The van der Waals surface area contributed by atoms with Crippen LogP contribution >= 0.6 is 11.6 Å². The largest absolute Gasteiger partial charge is 0.479 e. The Morgan fingerprint density at radius 2 is 2.20 bits per heavy atom. The zero-order chi connectivity index (χ0) is 14.9. The molecule has 1 aliphatic rings. The van der Waals surface area contributed by atoms with E-state index in [0.29, 0.717) is 0 Å². The second-order valence-electron chi connectivity index (χ2n) is 4.14. The summed E-state index contributed by atoms with van der Waals surface area (Å²) in [5.41, 5.74) is 0. The summed E-state index contributed by atoms with van der Waals surface area (Å²) in [6.07, 6.45) is -1.26. The molecule has 0 aromatic heterocycles. The third-order valence-electron chi connectivity index (χ3n) is 2.82. The van der Waals surface area contributed by atoms with E-state index in [-0.39, 0.29) is 24.7 Å². The third kappa shape index (κ3) is 2.93. The van der Waals surface area contributed by atoms with Gasteiger partial charge in [0.15, 0.2) is 6.10 Å². The molecule has 1 fully saturated rings. The van der Waals surface area contributed by atoms with E-state index in [1.807, 2.05) is 0 Å². The van der Waals surface area contributed by atoms with Crippen LogP contribution in [0.3, 0.4) is 0 Å². The van der Waals surface area contributed by atoms with Gasteiger partial charge >= 0.3 is 5.97 Å². The Kier molecular flexibility index (Phi) is 4.28. The van der Waals surface area contributed by atoms with Gasteiger partial charge in [-0.25, -0.2) is 17.6 Å². The van der Waals surface area contributed by atoms with Crippen LogP contribution < -0.4 is 0 Å². The first-order valence-electron chi connectivity index (χ1n) is 5.62. The smallest absolute Gasteiger partial charge is 0.334 e. The zero-order valence-corrected chi connectivity index (χ0v) is 11.7. The second-order valence-corrected chi connectivity index (χ2v) is 6.48. The summed E-state index contributed by atoms with van der Waals surface area (Å²) < 4.78 is 44.1. The van der Waals surface area contributed by atoms with Crippen molar-refractivity contribution >= 4 is 27.6 Å². The fourth-order valence-corrected chi connectivity index (χ4v) is 3.45. The summed E-state index contributed by atoms with van der Waals surface area (Å²) >= 11 is 5.57. The van der Waals surface area contributed by atoms with Gasteiger partial charge in [-0.3, -0.25) is 0 Å². The quantitative estimate of drug-likeness (QED) is 0.895. The van der Waals surface area contributed by atoms with E-state index in [2.05, 4.69) is 0 Å². The van der Waals surface area contributed by atoms with Crippen LogP contribution in [0.5, 0.6) is 0 Å². The number of carboxylic acids is 1. The number of nitrogens with zero attached hydrogens (tertiary/aromatic N) is 1. The van der Waals surface area contributed by atoms with E-state index in [1.54, 1.807) is 0 Å². The molecule has 110 valence electrons. The van der Waals surface area contributed by atoms with Crippen LogP contribution in [0.1, 0.15) is 0 Å². The molecule has 1 aliphatic heterocycles. The van der Waals surface area contributed by atoms with Crippen molar-refractivity contribution in [3.05, 3.63) is 29.0 Å². The van der Waals surface area contributed by atoms with Crippen LogP contribution in [0.25, 0.3) is 0 Å².